The molecule has 0 spiro atoms. The number of nitrogens with zero attached hydrogens (tertiary/aromatic N) is 4. The summed E-state index contributed by atoms with van der Waals surface area (Å²) in [4.78, 5) is 12.1. The molecule has 0 atom stereocenters. The second kappa shape index (κ2) is 8.11. The van der Waals surface area contributed by atoms with E-state index in [0.717, 1.165) is 22.7 Å². The number of carbonyl (C=O) groups is 1. The average Bonchev–Trinajstić information content (AvgIpc) is 3.09. The zero-order chi connectivity index (χ0) is 18.4. The summed E-state index contributed by atoms with van der Waals surface area (Å²) < 4.78 is 7.00. The molecule has 2 N–H and O–H groups in total. The number of rotatable bonds is 6. The van der Waals surface area contributed by atoms with Gasteiger partial charge in [0.1, 0.15) is 5.75 Å². The molecule has 0 bridgehead atoms. The van der Waals surface area contributed by atoms with Crippen LogP contribution in [-0.2, 0) is 6.54 Å². The molecule has 1 aromatic heterocycles. The summed E-state index contributed by atoms with van der Waals surface area (Å²) in [6, 6.07) is 14.7. The van der Waals surface area contributed by atoms with Crippen LogP contribution in [0.5, 0.6) is 5.75 Å². The van der Waals surface area contributed by atoms with E-state index in [0.29, 0.717) is 12.4 Å². The Bertz CT molecular complexity index is 875. The molecule has 134 valence electrons. The van der Waals surface area contributed by atoms with Gasteiger partial charge in [0.2, 0.25) is 0 Å². The van der Waals surface area contributed by atoms with Crippen LogP contribution in [0.15, 0.2) is 48.5 Å². The molecule has 1 heterocycles. The fourth-order valence-corrected chi connectivity index (χ4v) is 2.42. The molecule has 0 saturated carbocycles. The molecule has 3 aromatic rings. The van der Waals surface area contributed by atoms with Crippen molar-refractivity contribution in [2.24, 2.45) is 0 Å². The summed E-state index contributed by atoms with van der Waals surface area (Å²) in [5, 5.41) is 17.2. The third kappa shape index (κ3) is 4.35. The molecule has 8 nitrogen and oxygen atoms in total. The van der Waals surface area contributed by atoms with E-state index in [1.807, 2.05) is 62.4 Å². The maximum Gasteiger partial charge on any atom is 0.319 e. The molecule has 2 aromatic carbocycles. The number of anilines is 1. The van der Waals surface area contributed by atoms with E-state index in [2.05, 4.69) is 26.2 Å². The molecular weight excluding hydrogens is 332 g/mol. The van der Waals surface area contributed by atoms with Gasteiger partial charge >= 0.3 is 6.03 Å². The highest BCUT2D eigenvalue weighted by molar-refractivity contribution is 5.89. The lowest BCUT2D eigenvalue weighted by molar-refractivity contribution is 0.251. The maximum absolute atomic E-state index is 12.1. The van der Waals surface area contributed by atoms with Crippen molar-refractivity contribution in [3.05, 3.63) is 59.9 Å². The van der Waals surface area contributed by atoms with Gasteiger partial charge in [-0.15, -0.1) is 5.10 Å². The number of tetrazole rings is 1. The van der Waals surface area contributed by atoms with Crippen LogP contribution in [-0.4, -0.2) is 32.8 Å². The van der Waals surface area contributed by atoms with Crippen molar-refractivity contribution in [3.63, 3.8) is 0 Å². The van der Waals surface area contributed by atoms with Gasteiger partial charge in [-0.05, 0) is 66.2 Å². The lowest BCUT2D eigenvalue weighted by atomic mass is 10.2. The second-order valence-corrected chi connectivity index (χ2v) is 5.61. The van der Waals surface area contributed by atoms with Gasteiger partial charge < -0.3 is 15.4 Å². The Labute approximate surface area is 151 Å². The Morgan fingerprint density at radius 1 is 1.19 bits per heavy atom. The second-order valence-electron chi connectivity index (χ2n) is 5.61. The van der Waals surface area contributed by atoms with Crippen molar-refractivity contribution in [1.29, 1.82) is 0 Å². The first-order valence-corrected chi connectivity index (χ1v) is 8.27. The van der Waals surface area contributed by atoms with Crippen molar-refractivity contribution in [2.75, 3.05) is 11.9 Å². The predicted octanol–water partition coefficient (Wildman–Crippen LogP) is 2.69. The fourth-order valence-electron chi connectivity index (χ4n) is 2.42. The van der Waals surface area contributed by atoms with Gasteiger partial charge in [-0.1, -0.05) is 12.1 Å². The Balaban J connectivity index is 1.62. The zero-order valence-corrected chi connectivity index (χ0v) is 14.6. The molecule has 3 rings (SSSR count). The summed E-state index contributed by atoms with van der Waals surface area (Å²) in [6.07, 6.45) is 0. The average molecular weight is 352 g/mol. The molecule has 0 aliphatic rings. The van der Waals surface area contributed by atoms with Crippen LogP contribution >= 0.6 is 0 Å². The molecule has 0 radical (unpaired) electrons. The minimum atomic E-state index is -0.322. The Morgan fingerprint density at radius 3 is 2.73 bits per heavy atom. The van der Waals surface area contributed by atoms with Crippen molar-refractivity contribution in [3.8, 4) is 11.4 Å². The van der Waals surface area contributed by atoms with Crippen LogP contribution in [0, 0.1) is 6.92 Å². The molecule has 0 fully saturated rings. The van der Waals surface area contributed by atoms with E-state index >= 15 is 0 Å². The minimum Gasteiger partial charge on any atom is -0.494 e. The van der Waals surface area contributed by atoms with E-state index in [1.54, 1.807) is 4.68 Å². The number of hydrogen-bond donors (Lipinski definition) is 2. The molecule has 2 amide bonds. The van der Waals surface area contributed by atoms with Crippen molar-refractivity contribution < 1.29 is 9.53 Å². The first-order chi connectivity index (χ1) is 12.7. The smallest absolute Gasteiger partial charge is 0.319 e. The zero-order valence-electron chi connectivity index (χ0n) is 14.6. The fraction of sp³-hybridized carbons (Fsp3) is 0.222. The standard InChI is InChI=1S/C18H20N6O2/c1-3-26-16-9-7-15(8-10-16)24-17(21-22-23-24)12-19-18(25)20-14-6-4-5-13(2)11-14/h4-11H,3,12H2,1-2H3,(H2,19,20,25). The predicted molar refractivity (Wildman–Crippen MR) is 97.4 cm³/mol. The highest BCUT2D eigenvalue weighted by atomic mass is 16.5. The summed E-state index contributed by atoms with van der Waals surface area (Å²) in [5.74, 6) is 1.30. The van der Waals surface area contributed by atoms with Crippen LogP contribution in [0.2, 0.25) is 0 Å². The monoisotopic (exact) mass is 352 g/mol. The number of amides is 2. The topological polar surface area (TPSA) is 94.0 Å². The molecule has 26 heavy (non-hydrogen) atoms. The number of carbonyl (C=O) groups excluding carboxylic acids is 1. The largest absolute Gasteiger partial charge is 0.494 e. The normalized spacial score (nSPS) is 10.4. The summed E-state index contributed by atoms with van der Waals surface area (Å²) >= 11 is 0. The van der Waals surface area contributed by atoms with E-state index < -0.39 is 0 Å². The van der Waals surface area contributed by atoms with E-state index in [9.17, 15) is 4.79 Å². The number of ether oxygens (including phenoxy) is 1. The van der Waals surface area contributed by atoms with Crippen LogP contribution < -0.4 is 15.4 Å². The molecular formula is C18H20N6O2. The third-order valence-electron chi connectivity index (χ3n) is 3.61. The lowest BCUT2D eigenvalue weighted by Gasteiger charge is -2.09. The number of nitrogens with one attached hydrogen (secondary N) is 2. The SMILES string of the molecule is CCOc1ccc(-n2nnnc2CNC(=O)Nc2cccc(C)c2)cc1. The molecule has 8 heteroatoms. The first-order valence-electron chi connectivity index (χ1n) is 8.27. The van der Waals surface area contributed by atoms with Crippen LogP contribution in [0.1, 0.15) is 18.3 Å². The Hall–Kier alpha value is -3.42. The number of hydrogen-bond acceptors (Lipinski definition) is 5. The van der Waals surface area contributed by atoms with Gasteiger partial charge in [0.05, 0.1) is 18.8 Å². The third-order valence-corrected chi connectivity index (χ3v) is 3.61. The Morgan fingerprint density at radius 2 is 2.00 bits per heavy atom. The highest BCUT2D eigenvalue weighted by Crippen LogP contribution is 2.15. The van der Waals surface area contributed by atoms with E-state index in [-0.39, 0.29) is 12.6 Å². The van der Waals surface area contributed by atoms with Gasteiger partial charge in [-0.3, -0.25) is 0 Å². The van der Waals surface area contributed by atoms with Crippen LogP contribution in [0.3, 0.4) is 0 Å². The minimum absolute atomic E-state index is 0.192. The van der Waals surface area contributed by atoms with Gasteiger partial charge in [0.25, 0.3) is 0 Å². The lowest BCUT2D eigenvalue weighted by Crippen LogP contribution is -2.29. The van der Waals surface area contributed by atoms with Crippen LogP contribution in [0.4, 0.5) is 10.5 Å². The molecule has 0 saturated heterocycles. The van der Waals surface area contributed by atoms with E-state index in [4.69, 9.17) is 4.74 Å². The van der Waals surface area contributed by atoms with Gasteiger partial charge in [-0.25, -0.2) is 4.79 Å². The number of urea groups is 1. The number of aryl methyl sites for hydroxylation is 1. The van der Waals surface area contributed by atoms with Crippen molar-refractivity contribution in [2.45, 2.75) is 20.4 Å². The maximum atomic E-state index is 12.1. The summed E-state index contributed by atoms with van der Waals surface area (Å²) in [5.41, 5.74) is 2.59. The van der Waals surface area contributed by atoms with Crippen molar-refractivity contribution >= 4 is 11.7 Å². The quantitative estimate of drug-likeness (QED) is 0.711. The molecule has 0 aliphatic carbocycles. The van der Waals surface area contributed by atoms with Crippen molar-refractivity contribution in [1.82, 2.24) is 25.5 Å². The number of benzene rings is 2. The highest BCUT2D eigenvalue weighted by Gasteiger charge is 2.10. The van der Waals surface area contributed by atoms with Gasteiger partial charge in [-0.2, -0.15) is 4.68 Å². The molecule has 0 aliphatic heterocycles. The van der Waals surface area contributed by atoms with Gasteiger partial charge in [0, 0.05) is 5.69 Å². The number of aromatic nitrogens is 4. The summed E-state index contributed by atoms with van der Waals surface area (Å²) in [7, 11) is 0. The van der Waals surface area contributed by atoms with E-state index in [1.165, 1.54) is 0 Å². The first kappa shape index (κ1) is 17.4. The van der Waals surface area contributed by atoms with Crippen LogP contribution in [0.25, 0.3) is 5.69 Å². The Kier molecular flexibility index (Phi) is 5.43. The van der Waals surface area contributed by atoms with Gasteiger partial charge in [0.15, 0.2) is 5.82 Å². The molecule has 0 unspecified atom stereocenters. The summed E-state index contributed by atoms with van der Waals surface area (Å²) in [6.45, 7) is 4.70.